The van der Waals surface area contributed by atoms with Gasteiger partial charge < -0.3 is 10.1 Å². The van der Waals surface area contributed by atoms with Crippen molar-refractivity contribution >= 4 is 11.6 Å². The zero-order valence-electron chi connectivity index (χ0n) is 13.2. The maximum absolute atomic E-state index is 12.1. The van der Waals surface area contributed by atoms with Crippen LogP contribution in [0.3, 0.4) is 0 Å². The number of aryl methyl sites for hydroxylation is 1. The molecule has 0 fully saturated rings. The summed E-state index contributed by atoms with van der Waals surface area (Å²) >= 11 is 0. The Hall–Kier alpha value is -2.80. The summed E-state index contributed by atoms with van der Waals surface area (Å²) < 4.78 is 5.57. The molecule has 0 heterocycles. The van der Waals surface area contributed by atoms with Crippen LogP contribution in [0.4, 0.5) is 5.69 Å². The van der Waals surface area contributed by atoms with Crippen LogP contribution in [-0.2, 0) is 17.6 Å². The number of anilines is 1. The first-order valence-electron chi connectivity index (χ1n) is 7.69. The third kappa shape index (κ3) is 5.15. The Labute approximate surface area is 136 Å². The Morgan fingerprint density at radius 2 is 1.91 bits per heavy atom. The Morgan fingerprint density at radius 1 is 1.17 bits per heavy atom. The van der Waals surface area contributed by atoms with Gasteiger partial charge in [-0.05, 0) is 42.7 Å². The molecule has 1 amide bonds. The van der Waals surface area contributed by atoms with Gasteiger partial charge in [-0.2, -0.15) is 5.26 Å². The molecule has 0 aliphatic carbocycles. The molecule has 4 nitrogen and oxygen atoms in total. The quantitative estimate of drug-likeness (QED) is 0.848. The highest BCUT2D eigenvalue weighted by atomic mass is 16.5. The van der Waals surface area contributed by atoms with E-state index < -0.39 is 0 Å². The van der Waals surface area contributed by atoms with E-state index in [9.17, 15) is 4.79 Å². The molecule has 0 aromatic heterocycles. The van der Waals surface area contributed by atoms with E-state index in [1.807, 2.05) is 55.5 Å². The van der Waals surface area contributed by atoms with Gasteiger partial charge in [0, 0.05) is 12.1 Å². The maximum atomic E-state index is 12.1. The van der Waals surface area contributed by atoms with E-state index in [1.54, 1.807) is 0 Å². The number of nitriles is 1. The molecule has 0 unspecified atom stereocenters. The van der Waals surface area contributed by atoms with Crippen molar-refractivity contribution in [2.45, 2.75) is 26.2 Å². The van der Waals surface area contributed by atoms with E-state index in [0.717, 1.165) is 22.6 Å². The maximum Gasteiger partial charge on any atom is 0.224 e. The van der Waals surface area contributed by atoms with Gasteiger partial charge >= 0.3 is 0 Å². The zero-order valence-corrected chi connectivity index (χ0v) is 13.2. The van der Waals surface area contributed by atoms with Crippen LogP contribution in [0.25, 0.3) is 0 Å². The van der Waals surface area contributed by atoms with Crippen LogP contribution in [0.5, 0.6) is 5.75 Å². The van der Waals surface area contributed by atoms with Crippen molar-refractivity contribution in [3.63, 3.8) is 0 Å². The van der Waals surface area contributed by atoms with Gasteiger partial charge in [-0.1, -0.05) is 30.3 Å². The predicted octanol–water partition coefficient (Wildman–Crippen LogP) is 3.72. The van der Waals surface area contributed by atoms with Gasteiger partial charge in [0.25, 0.3) is 0 Å². The lowest BCUT2D eigenvalue weighted by atomic mass is 10.1. The number of nitrogens with one attached hydrogen (secondary N) is 1. The molecule has 0 aliphatic rings. The second kappa shape index (κ2) is 8.60. The number of rotatable bonds is 7. The fraction of sp³-hybridized carbons (Fsp3) is 0.263. The van der Waals surface area contributed by atoms with Gasteiger partial charge in [-0.3, -0.25) is 4.79 Å². The van der Waals surface area contributed by atoms with E-state index in [4.69, 9.17) is 10.00 Å². The number of para-hydroxylation sites is 1. The summed E-state index contributed by atoms with van der Waals surface area (Å²) in [6.45, 7) is 2.55. The van der Waals surface area contributed by atoms with Gasteiger partial charge in [-0.15, -0.1) is 0 Å². The number of benzene rings is 2. The van der Waals surface area contributed by atoms with Crippen molar-refractivity contribution < 1.29 is 9.53 Å². The Kier molecular flexibility index (Phi) is 6.19. The molecule has 0 saturated carbocycles. The molecule has 23 heavy (non-hydrogen) atoms. The summed E-state index contributed by atoms with van der Waals surface area (Å²) in [5.41, 5.74) is 2.72. The normalized spacial score (nSPS) is 9.91. The van der Waals surface area contributed by atoms with Gasteiger partial charge in [0.1, 0.15) is 5.75 Å². The molecule has 0 saturated heterocycles. The Balaban J connectivity index is 1.89. The van der Waals surface area contributed by atoms with Crippen molar-refractivity contribution in [2.75, 3.05) is 11.9 Å². The summed E-state index contributed by atoms with van der Waals surface area (Å²) in [6, 6.07) is 17.2. The van der Waals surface area contributed by atoms with Crippen LogP contribution in [0, 0.1) is 11.3 Å². The third-order valence-corrected chi connectivity index (χ3v) is 3.41. The molecule has 0 atom stereocenters. The van der Waals surface area contributed by atoms with Gasteiger partial charge in [0.05, 0.1) is 19.1 Å². The van der Waals surface area contributed by atoms with E-state index in [2.05, 4.69) is 11.4 Å². The Morgan fingerprint density at radius 3 is 2.61 bits per heavy atom. The minimum absolute atomic E-state index is 0.0377. The van der Waals surface area contributed by atoms with Gasteiger partial charge in [0.15, 0.2) is 0 Å². The second-order valence-electron chi connectivity index (χ2n) is 5.12. The highest BCUT2D eigenvalue weighted by Crippen LogP contribution is 2.20. The monoisotopic (exact) mass is 308 g/mol. The lowest BCUT2D eigenvalue weighted by molar-refractivity contribution is -0.116. The molecule has 1 N–H and O–H groups in total. The van der Waals surface area contributed by atoms with Crippen LogP contribution >= 0.6 is 0 Å². The van der Waals surface area contributed by atoms with E-state index in [-0.39, 0.29) is 5.91 Å². The number of carbonyl (C=O) groups excluding carboxylic acids is 1. The van der Waals surface area contributed by atoms with Crippen LogP contribution in [0.2, 0.25) is 0 Å². The summed E-state index contributed by atoms with van der Waals surface area (Å²) in [4.78, 5) is 12.1. The highest BCUT2D eigenvalue weighted by molar-refractivity contribution is 5.90. The number of nitrogens with zero attached hydrogens (tertiary/aromatic N) is 1. The first-order chi connectivity index (χ1) is 11.2. The summed E-state index contributed by atoms with van der Waals surface area (Å²) in [6.07, 6.45) is 1.40. The van der Waals surface area contributed by atoms with Crippen LogP contribution in [0.1, 0.15) is 24.5 Å². The second-order valence-corrected chi connectivity index (χ2v) is 5.12. The number of hydrogen-bond acceptors (Lipinski definition) is 3. The van der Waals surface area contributed by atoms with Crippen molar-refractivity contribution in [1.29, 1.82) is 5.26 Å². The molecule has 4 heteroatoms. The molecule has 0 spiro atoms. The molecular formula is C19H20N2O2. The SMILES string of the molecule is CCOc1ccccc1CCC(=O)Nc1ccc(CC#N)cc1. The minimum Gasteiger partial charge on any atom is -0.494 e. The minimum atomic E-state index is -0.0377. The number of carbonyl (C=O) groups is 1. The molecule has 0 radical (unpaired) electrons. The Bertz CT molecular complexity index is 687. The summed E-state index contributed by atoms with van der Waals surface area (Å²) in [5, 5.41) is 11.5. The number of hydrogen-bond donors (Lipinski definition) is 1. The fourth-order valence-corrected chi connectivity index (χ4v) is 2.28. The third-order valence-electron chi connectivity index (χ3n) is 3.41. The van der Waals surface area contributed by atoms with Crippen LogP contribution in [-0.4, -0.2) is 12.5 Å². The first-order valence-corrected chi connectivity index (χ1v) is 7.69. The highest BCUT2D eigenvalue weighted by Gasteiger charge is 2.07. The fourth-order valence-electron chi connectivity index (χ4n) is 2.28. The van der Waals surface area contributed by atoms with Crippen molar-refractivity contribution in [3.05, 3.63) is 59.7 Å². The summed E-state index contributed by atoms with van der Waals surface area (Å²) in [7, 11) is 0. The van der Waals surface area contributed by atoms with Crippen molar-refractivity contribution in [2.24, 2.45) is 0 Å². The molecule has 2 rings (SSSR count). The standard InChI is InChI=1S/C19H20N2O2/c1-2-23-18-6-4-3-5-16(18)9-12-19(22)21-17-10-7-15(8-11-17)13-14-20/h3-8,10-11H,2,9,12-13H2,1H3,(H,21,22). The largest absolute Gasteiger partial charge is 0.494 e. The number of ether oxygens (including phenoxy) is 1. The van der Waals surface area contributed by atoms with Crippen molar-refractivity contribution in [3.8, 4) is 11.8 Å². The molecule has 118 valence electrons. The molecule has 0 bridgehead atoms. The van der Waals surface area contributed by atoms with Gasteiger partial charge in [-0.25, -0.2) is 0 Å². The lowest BCUT2D eigenvalue weighted by Gasteiger charge is -2.10. The van der Waals surface area contributed by atoms with E-state index in [1.165, 1.54) is 0 Å². The average molecular weight is 308 g/mol. The van der Waals surface area contributed by atoms with E-state index >= 15 is 0 Å². The lowest BCUT2D eigenvalue weighted by Crippen LogP contribution is -2.12. The topological polar surface area (TPSA) is 62.1 Å². The van der Waals surface area contributed by atoms with Crippen molar-refractivity contribution in [1.82, 2.24) is 0 Å². The first kappa shape index (κ1) is 16.6. The predicted molar refractivity (Wildman–Crippen MR) is 90.3 cm³/mol. The van der Waals surface area contributed by atoms with Crippen LogP contribution < -0.4 is 10.1 Å². The summed E-state index contributed by atoms with van der Waals surface area (Å²) in [5.74, 6) is 0.799. The molecular weight excluding hydrogens is 288 g/mol. The van der Waals surface area contributed by atoms with Crippen LogP contribution in [0.15, 0.2) is 48.5 Å². The molecule has 2 aromatic rings. The number of amides is 1. The average Bonchev–Trinajstić information content (AvgIpc) is 2.56. The zero-order chi connectivity index (χ0) is 16.5. The molecule has 2 aromatic carbocycles. The van der Waals surface area contributed by atoms with Gasteiger partial charge in [0.2, 0.25) is 5.91 Å². The molecule has 0 aliphatic heterocycles. The smallest absolute Gasteiger partial charge is 0.224 e. The van der Waals surface area contributed by atoms with E-state index in [0.29, 0.717) is 25.9 Å².